The number of carbonyl (C=O) groups excluding carboxylic acids is 1. The van der Waals surface area contributed by atoms with Crippen molar-refractivity contribution in [1.82, 2.24) is 24.5 Å². The maximum absolute atomic E-state index is 13.2. The number of H-pyrrole nitrogens is 1. The Balaban J connectivity index is 1.68. The van der Waals surface area contributed by atoms with Crippen LogP contribution >= 0.6 is 15.9 Å². The minimum Gasteiger partial charge on any atom is -0.444 e. The number of rotatable bonds is 0. The van der Waals surface area contributed by atoms with Crippen LogP contribution in [0.1, 0.15) is 64.3 Å². The molecular weight excluding hydrogens is 430 g/mol. The molecule has 0 unspecified atom stereocenters. The van der Waals surface area contributed by atoms with Crippen molar-refractivity contribution in [2.75, 3.05) is 13.1 Å². The molecule has 1 fully saturated rings. The highest BCUT2D eigenvalue weighted by Crippen LogP contribution is 2.47. The average Bonchev–Trinajstić information content (AvgIpc) is 2.98. The highest BCUT2D eigenvalue weighted by molar-refractivity contribution is 9.10. The minimum atomic E-state index is -0.756. The Morgan fingerprint density at radius 3 is 2.79 bits per heavy atom. The Morgan fingerprint density at radius 1 is 1.32 bits per heavy atom. The Hall–Kier alpha value is -1.94. The third kappa shape index (κ3) is 3.22. The molecule has 1 saturated heterocycles. The number of nitrogens with zero attached hydrogens (tertiary/aromatic N) is 4. The third-order valence-corrected chi connectivity index (χ3v) is 5.54. The Bertz CT molecular complexity index is 994. The summed E-state index contributed by atoms with van der Waals surface area (Å²) in [4.78, 5) is 36.2. The summed E-state index contributed by atoms with van der Waals surface area (Å²) in [5.74, 6) is 0.312. The van der Waals surface area contributed by atoms with Crippen molar-refractivity contribution in [3.8, 4) is 0 Å². The molecule has 0 aliphatic carbocycles. The van der Waals surface area contributed by atoms with E-state index >= 15 is 0 Å². The molecule has 0 aromatic carbocycles. The molecule has 1 N–H and O–H groups in total. The van der Waals surface area contributed by atoms with Gasteiger partial charge in [-0.2, -0.15) is 9.50 Å². The molecule has 10 heteroatoms. The van der Waals surface area contributed by atoms with Gasteiger partial charge in [0.2, 0.25) is 0 Å². The second-order valence-corrected chi connectivity index (χ2v) is 9.15. The van der Waals surface area contributed by atoms with Gasteiger partial charge < -0.3 is 14.4 Å². The van der Waals surface area contributed by atoms with Gasteiger partial charge in [0, 0.05) is 13.1 Å². The van der Waals surface area contributed by atoms with Crippen LogP contribution in [-0.2, 0) is 15.1 Å². The number of carbonyl (C=O) groups is 1. The number of amides is 1. The van der Waals surface area contributed by atoms with E-state index in [-0.39, 0.29) is 17.8 Å². The smallest absolute Gasteiger partial charge is 0.410 e. The number of halogens is 1. The first-order valence-electron chi connectivity index (χ1n) is 9.44. The third-order valence-electron chi connectivity index (χ3n) is 5.18. The molecule has 2 aromatic heterocycles. The number of fused-ring (bicyclic) bond motifs is 3. The van der Waals surface area contributed by atoms with Crippen LogP contribution in [0.15, 0.2) is 9.53 Å². The highest BCUT2D eigenvalue weighted by Gasteiger charge is 2.48. The van der Waals surface area contributed by atoms with Crippen LogP contribution in [0, 0.1) is 0 Å². The lowest BCUT2D eigenvalue weighted by molar-refractivity contribution is -0.0798. The maximum atomic E-state index is 13.2. The zero-order chi connectivity index (χ0) is 20.3. The Kier molecular flexibility index (Phi) is 4.53. The number of ether oxygens (including phenoxy) is 2. The van der Waals surface area contributed by atoms with Crippen LogP contribution in [0.5, 0.6) is 0 Å². The van der Waals surface area contributed by atoms with E-state index in [4.69, 9.17) is 9.47 Å². The number of aromatic nitrogens is 4. The van der Waals surface area contributed by atoms with E-state index in [0.29, 0.717) is 54.1 Å². The largest absolute Gasteiger partial charge is 0.444 e. The molecule has 28 heavy (non-hydrogen) atoms. The molecule has 4 rings (SSSR count). The van der Waals surface area contributed by atoms with Gasteiger partial charge in [0.05, 0.1) is 17.4 Å². The van der Waals surface area contributed by atoms with E-state index in [1.807, 2.05) is 27.7 Å². The van der Waals surface area contributed by atoms with Gasteiger partial charge in [-0.05, 0) is 62.9 Å². The molecule has 2 aliphatic rings. The molecule has 0 radical (unpaired) electrons. The van der Waals surface area contributed by atoms with Crippen molar-refractivity contribution >= 4 is 27.8 Å². The molecule has 0 saturated carbocycles. The number of hydrogen-bond donors (Lipinski definition) is 1. The molecular formula is C18H24BrN5O4. The van der Waals surface area contributed by atoms with Gasteiger partial charge in [-0.15, -0.1) is 0 Å². The summed E-state index contributed by atoms with van der Waals surface area (Å²) in [6.07, 6.45) is 1.22. The SMILES string of the molecule is C[C@@H]1O[C@@]2(CCCN(C(=O)OC(C)(C)C)CC2)c2c1nc1nc(Br)[nH]n1c2=O. The summed E-state index contributed by atoms with van der Waals surface area (Å²) in [6, 6.07) is 0. The molecule has 0 bridgehead atoms. The minimum absolute atomic E-state index is 0.201. The van der Waals surface area contributed by atoms with E-state index in [1.54, 1.807) is 4.90 Å². The standard InChI is InChI=1S/C18H24BrN5O4/c1-10-12-11(13(25)24-15(20-12)21-14(19)22-24)18(27-10)6-5-8-23(9-7-18)16(26)28-17(2,3)4/h10H,5-9H2,1-4H3,(H,20,21,22)/t10-,18+/m0/s1. The van der Waals surface area contributed by atoms with Gasteiger partial charge >= 0.3 is 6.09 Å². The Morgan fingerprint density at radius 2 is 2.07 bits per heavy atom. The normalized spacial score (nSPS) is 25.2. The monoisotopic (exact) mass is 453 g/mol. The highest BCUT2D eigenvalue weighted by atomic mass is 79.9. The van der Waals surface area contributed by atoms with Crippen LogP contribution in [0.2, 0.25) is 0 Å². The van der Waals surface area contributed by atoms with E-state index in [2.05, 4.69) is 31.0 Å². The van der Waals surface area contributed by atoms with Gasteiger partial charge in [-0.3, -0.25) is 9.89 Å². The number of nitrogens with one attached hydrogen (secondary N) is 1. The van der Waals surface area contributed by atoms with E-state index < -0.39 is 11.2 Å². The average molecular weight is 454 g/mol. The lowest BCUT2D eigenvalue weighted by Crippen LogP contribution is -2.39. The van der Waals surface area contributed by atoms with Crippen molar-refractivity contribution in [1.29, 1.82) is 0 Å². The molecule has 9 nitrogen and oxygen atoms in total. The fraction of sp³-hybridized carbons (Fsp3) is 0.667. The fourth-order valence-corrected chi connectivity index (χ4v) is 4.40. The molecule has 152 valence electrons. The number of hydrogen-bond acceptors (Lipinski definition) is 6. The van der Waals surface area contributed by atoms with Crippen LogP contribution in [-0.4, -0.2) is 49.3 Å². The van der Waals surface area contributed by atoms with Crippen LogP contribution in [0.4, 0.5) is 4.79 Å². The van der Waals surface area contributed by atoms with Crippen LogP contribution in [0.25, 0.3) is 5.78 Å². The summed E-state index contributed by atoms with van der Waals surface area (Å²) in [6.45, 7) is 8.47. The predicted molar refractivity (Wildman–Crippen MR) is 104 cm³/mol. The molecule has 2 aliphatic heterocycles. The number of aromatic amines is 1. The fourth-order valence-electron chi connectivity index (χ4n) is 4.07. The van der Waals surface area contributed by atoms with Gasteiger partial charge in [0.25, 0.3) is 11.3 Å². The predicted octanol–water partition coefficient (Wildman–Crippen LogP) is 2.89. The second-order valence-electron chi connectivity index (χ2n) is 8.40. The molecule has 2 atom stereocenters. The van der Waals surface area contributed by atoms with Crippen molar-refractivity contribution in [3.05, 3.63) is 26.3 Å². The van der Waals surface area contributed by atoms with Gasteiger partial charge in [0.15, 0.2) is 4.73 Å². The van der Waals surface area contributed by atoms with Crippen LogP contribution < -0.4 is 5.56 Å². The van der Waals surface area contributed by atoms with Gasteiger partial charge in [-0.25, -0.2) is 9.78 Å². The zero-order valence-electron chi connectivity index (χ0n) is 16.4. The summed E-state index contributed by atoms with van der Waals surface area (Å²) in [5, 5.41) is 2.87. The topological polar surface area (TPSA) is 102 Å². The van der Waals surface area contributed by atoms with E-state index in [9.17, 15) is 9.59 Å². The second kappa shape index (κ2) is 6.55. The van der Waals surface area contributed by atoms with Crippen molar-refractivity contribution < 1.29 is 14.3 Å². The zero-order valence-corrected chi connectivity index (χ0v) is 18.0. The summed E-state index contributed by atoms with van der Waals surface area (Å²) in [7, 11) is 0. The number of likely N-dealkylation sites (tertiary alicyclic amines) is 1. The quantitative estimate of drug-likeness (QED) is 0.657. The molecule has 1 spiro atoms. The molecule has 4 heterocycles. The lowest BCUT2D eigenvalue weighted by Gasteiger charge is -2.29. The maximum Gasteiger partial charge on any atom is 0.410 e. The lowest BCUT2D eigenvalue weighted by atomic mass is 9.88. The van der Waals surface area contributed by atoms with Crippen molar-refractivity contribution in [2.45, 2.75) is 64.3 Å². The first-order valence-corrected chi connectivity index (χ1v) is 10.2. The van der Waals surface area contributed by atoms with Gasteiger partial charge in [-0.1, -0.05) is 0 Å². The molecule has 2 aromatic rings. The first-order chi connectivity index (χ1) is 13.1. The summed E-state index contributed by atoms with van der Waals surface area (Å²) < 4.78 is 13.6. The summed E-state index contributed by atoms with van der Waals surface area (Å²) >= 11 is 3.25. The van der Waals surface area contributed by atoms with Gasteiger partial charge in [0.1, 0.15) is 11.2 Å². The Labute approximate surface area is 170 Å². The summed E-state index contributed by atoms with van der Waals surface area (Å²) in [5.41, 5.74) is -0.300. The van der Waals surface area contributed by atoms with Crippen molar-refractivity contribution in [2.24, 2.45) is 0 Å². The molecule has 1 amide bonds. The van der Waals surface area contributed by atoms with E-state index in [1.165, 1.54) is 4.52 Å². The van der Waals surface area contributed by atoms with E-state index in [0.717, 1.165) is 0 Å². The first kappa shape index (κ1) is 19.4. The van der Waals surface area contributed by atoms with Crippen molar-refractivity contribution in [3.63, 3.8) is 0 Å². The van der Waals surface area contributed by atoms with Crippen LogP contribution in [0.3, 0.4) is 0 Å².